The van der Waals surface area contributed by atoms with Gasteiger partial charge in [-0.25, -0.2) is 0 Å². The van der Waals surface area contributed by atoms with Crippen LogP contribution in [0.15, 0.2) is 47.4 Å². The Morgan fingerprint density at radius 1 is 1.23 bits per heavy atom. The fourth-order valence-corrected chi connectivity index (χ4v) is 2.66. The molecule has 0 atom stereocenters. The van der Waals surface area contributed by atoms with Gasteiger partial charge < -0.3 is 10.1 Å². The lowest BCUT2D eigenvalue weighted by molar-refractivity contribution is 0.0954. The predicted molar refractivity (Wildman–Crippen MR) is 92.3 cm³/mol. The van der Waals surface area contributed by atoms with Crippen molar-refractivity contribution in [3.8, 4) is 5.75 Å². The van der Waals surface area contributed by atoms with E-state index in [2.05, 4.69) is 5.32 Å². The average Bonchev–Trinajstić information content (AvgIpc) is 2.55. The number of rotatable bonds is 6. The molecule has 22 heavy (non-hydrogen) atoms. The molecular weight excluding hydrogens is 318 g/mol. The molecular formula is C17H18ClNO2S. The monoisotopic (exact) mass is 335 g/mol. The van der Waals surface area contributed by atoms with Gasteiger partial charge in [-0.05, 0) is 48.6 Å². The van der Waals surface area contributed by atoms with E-state index in [1.807, 2.05) is 42.7 Å². The zero-order valence-corrected chi connectivity index (χ0v) is 14.1. The van der Waals surface area contributed by atoms with Crippen molar-refractivity contribution in [1.82, 2.24) is 5.32 Å². The fraction of sp³-hybridized carbons (Fsp3) is 0.235. The lowest BCUT2D eigenvalue weighted by Gasteiger charge is -2.08. The molecule has 3 nitrogen and oxygen atoms in total. The van der Waals surface area contributed by atoms with Crippen molar-refractivity contribution in [2.75, 3.05) is 19.9 Å². The van der Waals surface area contributed by atoms with E-state index in [9.17, 15) is 4.79 Å². The minimum atomic E-state index is -0.144. The van der Waals surface area contributed by atoms with E-state index >= 15 is 0 Å². The Bertz CT molecular complexity index is 644. The fourth-order valence-electron chi connectivity index (χ4n) is 2.01. The van der Waals surface area contributed by atoms with Crippen molar-refractivity contribution in [2.24, 2.45) is 0 Å². The van der Waals surface area contributed by atoms with Gasteiger partial charge >= 0.3 is 0 Å². The number of carbonyl (C=O) groups excluding carboxylic acids is 1. The van der Waals surface area contributed by atoms with Crippen LogP contribution >= 0.6 is 23.4 Å². The third kappa shape index (κ3) is 4.42. The Kier molecular flexibility index (Phi) is 6.16. The molecule has 0 radical (unpaired) electrons. The minimum absolute atomic E-state index is 0.144. The van der Waals surface area contributed by atoms with E-state index in [1.54, 1.807) is 24.9 Å². The number of nitrogens with one attached hydrogen (secondary N) is 1. The van der Waals surface area contributed by atoms with Gasteiger partial charge in [-0.3, -0.25) is 4.79 Å². The largest absolute Gasteiger partial charge is 0.497 e. The summed E-state index contributed by atoms with van der Waals surface area (Å²) in [5.41, 5.74) is 1.66. The molecule has 2 rings (SSSR count). The number of ether oxygens (including phenoxy) is 1. The third-order valence-electron chi connectivity index (χ3n) is 3.28. The lowest BCUT2D eigenvalue weighted by atomic mass is 10.1. The Hall–Kier alpha value is -1.65. The van der Waals surface area contributed by atoms with Gasteiger partial charge in [-0.1, -0.05) is 23.7 Å². The maximum absolute atomic E-state index is 12.2. The standard InChI is InChI=1S/C17H18ClNO2S/c1-21-13-5-3-12(4-6-13)9-10-19-17(20)15-11-14(22-2)7-8-16(15)18/h3-8,11H,9-10H2,1-2H3,(H,19,20). The Balaban J connectivity index is 1.92. The number of hydrogen-bond donors (Lipinski definition) is 1. The normalized spacial score (nSPS) is 10.3. The molecule has 2 aromatic rings. The quantitative estimate of drug-likeness (QED) is 0.809. The highest BCUT2D eigenvalue weighted by Gasteiger charge is 2.10. The van der Waals surface area contributed by atoms with Gasteiger partial charge in [-0.2, -0.15) is 0 Å². The highest BCUT2D eigenvalue weighted by Crippen LogP contribution is 2.22. The first kappa shape index (κ1) is 16.7. The van der Waals surface area contributed by atoms with Crippen LogP contribution in [0.1, 0.15) is 15.9 Å². The number of benzene rings is 2. The summed E-state index contributed by atoms with van der Waals surface area (Å²) in [6.07, 6.45) is 2.73. The van der Waals surface area contributed by atoms with Crippen molar-refractivity contribution >= 4 is 29.3 Å². The average molecular weight is 336 g/mol. The summed E-state index contributed by atoms with van der Waals surface area (Å²) in [5, 5.41) is 3.38. The highest BCUT2D eigenvalue weighted by molar-refractivity contribution is 7.98. The van der Waals surface area contributed by atoms with Gasteiger partial charge in [0.25, 0.3) is 5.91 Å². The van der Waals surface area contributed by atoms with Crippen LogP contribution in [0.3, 0.4) is 0 Å². The van der Waals surface area contributed by atoms with Crippen molar-refractivity contribution in [3.05, 3.63) is 58.6 Å². The van der Waals surface area contributed by atoms with Gasteiger partial charge in [-0.15, -0.1) is 11.8 Å². The summed E-state index contributed by atoms with van der Waals surface area (Å²) in [5.74, 6) is 0.683. The lowest BCUT2D eigenvalue weighted by Crippen LogP contribution is -2.26. The molecule has 0 heterocycles. The third-order valence-corrected chi connectivity index (χ3v) is 4.33. The number of hydrogen-bond acceptors (Lipinski definition) is 3. The maximum Gasteiger partial charge on any atom is 0.252 e. The van der Waals surface area contributed by atoms with Crippen LogP contribution in [0.5, 0.6) is 5.75 Å². The molecule has 0 spiro atoms. The topological polar surface area (TPSA) is 38.3 Å². The van der Waals surface area contributed by atoms with Gasteiger partial charge in [0, 0.05) is 11.4 Å². The molecule has 0 bridgehead atoms. The molecule has 0 aliphatic heterocycles. The number of carbonyl (C=O) groups is 1. The van der Waals surface area contributed by atoms with Crippen molar-refractivity contribution in [1.29, 1.82) is 0 Å². The zero-order valence-electron chi connectivity index (χ0n) is 12.6. The van der Waals surface area contributed by atoms with E-state index in [4.69, 9.17) is 16.3 Å². The summed E-state index contributed by atoms with van der Waals surface area (Å²) in [7, 11) is 1.64. The number of amides is 1. The molecule has 0 aromatic heterocycles. The molecule has 1 amide bonds. The van der Waals surface area contributed by atoms with Crippen LogP contribution in [0.2, 0.25) is 5.02 Å². The second-order valence-corrected chi connectivity index (χ2v) is 5.99. The molecule has 0 fully saturated rings. The van der Waals surface area contributed by atoms with Crippen LogP contribution in [0.25, 0.3) is 0 Å². The molecule has 2 aromatic carbocycles. The Labute approximate surface area is 140 Å². The molecule has 1 N–H and O–H groups in total. The second-order valence-electron chi connectivity index (χ2n) is 4.70. The van der Waals surface area contributed by atoms with Gasteiger partial charge in [0.15, 0.2) is 0 Å². The highest BCUT2D eigenvalue weighted by atomic mass is 35.5. The van der Waals surface area contributed by atoms with E-state index in [0.29, 0.717) is 17.1 Å². The maximum atomic E-state index is 12.2. The zero-order chi connectivity index (χ0) is 15.9. The Morgan fingerprint density at radius 2 is 1.95 bits per heavy atom. The summed E-state index contributed by atoms with van der Waals surface area (Å²) < 4.78 is 5.12. The van der Waals surface area contributed by atoms with Crippen LogP contribution < -0.4 is 10.1 Å². The minimum Gasteiger partial charge on any atom is -0.497 e. The SMILES string of the molecule is COc1ccc(CCNC(=O)c2cc(SC)ccc2Cl)cc1. The smallest absolute Gasteiger partial charge is 0.252 e. The Morgan fingerprint density at radius 3 is 2.59 bits per heavy atom. The number of thioether (sulfide) groups is 1. The molecule has 5 heteroatoms. The molecule has 116 valence electrons. The van der Waals surface area contributed by atoms with Gasteiger partial charge in [0.1, 0.15) is 5.75 Å². The first-order valence-corrected chi connectivity index (χ1v) is 8.49. The van der Waals surface area contributed by atoms with Crippen LogP contribution in [-0.2, 0) is 6.42 Å². The summed E-state index contributed by atoms with van der Waals surface area (Å²) >= 11 is 7.68. The van der Waals surface area contributed by atoms with Crippen molar-refractivity contribution < 1.29 is 9.53 Å². The van der Waals surface area contributed by atoms with Crippen molar-refractivity contribution in [3.63, 3.8) is 0 Å². The summed E-state index contributed by atoms with van der Waals surface area (Å²) in [6.45, 7) is 0.561. The van der Waals surface area contributed by atoms with Crippen LogP contribution in [0, 0.1) is 0 Å². The number of methoxy groups -OCH3 is 1. The molecule has 0 aliphatic rings. The number of halogens is 1. The summed E-state index contributed by atoms with van der Waals surface area (Å²) in [4.78, 5) is 13.2. The first-order valence-electron chi connectivity index (χ1n) is 6.88. The van der Waals surface area contributed by atoms with Crippen molar-refractivity contribution in [2.45, 2.75) is 11.3 Å². The predicted octanol–water partition coefficient (Wildman–Crippen LogP) is 4.04. The second kappa shape index (κ2) is 8.11. The van der Waals surface area contributed by atoms with Crippen LogP contribution in [0.4, 0.5) is 0 Å². The molecule has 0 aliphatic carbocycles. The van der Waals surface area contributed by atoms with E-state index in [-0.39, 0.29) is 5.91 Å². The molecule has 0 unspecified atom stereocenters. The van der Waals surface area contributed by atoms with Gasteiger partial charge in [0.05, 0.1) is 17.7 Å². The molecule has 0 saturated carbocycles. The van der Waals surface area contributed by atoms with E-state index in [1.165, 1.54) is 0 Å². The van der Waals surface area contributed by atoms with E-state index in [0.717, 1.165) is 22.6 Å². The first-order chi connectivity index (χ1) is 10.6. The van der Waals surface area contributed by atoms with Gasteiger partial charge in [0.2, 0.25) is 0 Å². The van der Waals surface area contributed by atoms with E-state index < -0.39 is 0 Å². The molecule has 0 saturated heterocycles. The summed E-state index contributed by atoms with van der Waals surface area (Å²) in [6, 6.07) is 13.3. The van der Waals surface area contributed by atoms with Crippen LogP contribution in [-0.4, -0.2) is 25.8 Å².